The molecule has 2 heterocycles. The molecular formula is C17H12Cl2N2O4. The Labute approximate surface area is 153 Å². The lowest BCUT2D eigenvalue weighted by atomic mass is 10.1. The average molecular weight is 379 g/mol. The van der Waals surface area contributed by atoms with Gasteiger partial charge in [-0.25, -0.2) is 4.79 Å². The molecule has 0 spiro atoms. The number of nitrogens with zero attached hydrogens (tertiary/aromatic N) is 2. The second-order valence-corrected chi connectivity index (χ2v) is 6.21. The van der Waals surface area contributed by atoms with Crippen LogP contribution in [0.25, 0.3) is 17.4 Å². The van der Waals surface area contributed by atoms with E-state index in [9.17, 15) is 14.4 Å². The number of imide groups is 2. The van der Waals surface area contributed by atoms with Gasteiger partial charge in [0.1, 0.15) is 17.1 Å². The topological polar surface area (TPSA) is 70.8 Å². The lowest BCUT2D eigenvalue weighted by Crippen LogP contribution is -2.52. The second-order valence-electron chi connectivity index (χ2n) is 5.40. The van der Waals surface area contributed by atoms with Gasteiger partial charge < -0.3 is 4.42 Å². The van der Waals surface area contributed by atoms with E-state index >= 15 is 0 Å². The lowest BCUT2D eigenvalue weighted by Gasteiger charge is -2.28. The van der Waals surface area contributed by atoms with Gasteiger partial charge in [-0.1, -0.05) is 23.2 Å². The number of amides is 4. The van der Waals surface area contributed by atoms with Crippen molar-refractivity contribution >= 4 is 47.1 Å². The molecule has 4 amide bonds. The van der Waals surface area contributed by atoms with Crippen molar-refractivity contribution in [2.24, 2.45) is 0 Å². The molecule has 25 heavy (non-hydrogen) atoms. The molecule has 0 saturated carbocycles. The Balaban J connectivity index is 1.95. The fourth-order valence-electron chi connectivity index (χ4n) is 2.35. The number of furan rings is 1. The molecule has 128 valence electrons. The van der Waals surface area contributed by atoms with Gasteiger partial charge in [0, 0.05) is 19.7 Å². The zero-order chi connectivity index (χ0) is 18.3. The number of barbiturate groups is 1. The van der Waals surface area contributed by atoms with Crippen LogP contribution in [0.5, 0.6) is 0 Å². The molecule has 1 aromatic carbocycles. The van der Waals surface area contributed by atoms with Crippen LogP contribution < -0.4 is 0 Å². The van der Waals surface area contributed by atoms with Crippen LogP contribution in [0.4, 0.5) is 4.79 Å². The summed E-state index contributed by atoms with van der Waals surface area (Å²) in [6, 6.07) is 7.65. The van der Waals surface area contributed by atoms with Crippen LogP contribution in [0.15, 0.2) is 40.3 Å². The molecule has 1 aromatic heterocycles. The third-order valence-electron chi connectivity index (χ3n) is 3.76. The largest absolute Gasteiger partial charge is 0.457 e. The molecular weight excluding hydrogens is 367 g/mol. The van der Waals surface area contributed by atoms with Gasteiger partial charge in [-0.3, -0.25) is 19.4 Å². The van der Waals surface area contributed by atoms with E-state index < -0.39 is 17.8 Å². The van der Waals surface area contributed by atoms with Gasteiger partial charge in [-0.05, 0) is 36.4 Å². The summed E-state index contributed by atoms with van der Waals surface area (Å²) in [6.07, 6.45) is 1.31. The molecule has 0 radical (unpaired) electrons. The highest BCUT2D eigenvalue weighted by atomic mass is 35.5. The minimum absolute atomic E-state index is 0.153. The maximum atomic E-state index is 12.2. The highest BCUT2D eigenvalue weighted by molar-refractivity contribution is 6.42. The standard InChI is InChI=1S/C17H12Cl2N2O4/c1-20-15(22)11(16(23)21(2)17(20)24)8-10-4-6-14(25-10)9-3-5-12(18)13(19)7-9/h3-8H,1-2H3. The fourth-order valence-corrected chi connectivity index (χ4v) is 2.65. The number of halogens is 2. The number of urea groups is 1. The first-order valence-corrected chi connectivity index (χ1v) is 7.92. The summed E-state index contributed by atoms with van der Waals surface area (Å²) in [7, 11) is 2.62. The number of rotatable bonds is 2. The molecule has 0 atom stereocenters. The van der Waals surface area contributed by atoms with Crippen molar-refractivity contribution in [3.05, 3.63) is 51.7 Å². The number of carbonyl (C=O) groups is 3. The molecule has 0 unspecified atom stereocenters. The highest BCUT2D eigenvalue weighted by Crippen LogP contribution is 2.30. The summed E-state index contributed by atoms with van der Waals surface area (Å²) in [5.74, 6) is -0.561. The molecule has 1 saturated heterocycles. The van der Waals surface area contributed by atoms with Gasteiger partial charge in [0.25, 0.3) is 11.8 Å². The Morgan fingerprint density at radius 2 is 1.56 bits per heavy atom. The van der Waals surface area contributed by atoms with E-state index in [0.717, 1.165) is 9.80 Å². The Morgan fingerprint density at radius 1 is 0.920 bits per heavy atom. The summed E-state index contributed by atoms with van der Waals surface area (Å²) in [4.78, 5) is 37.8. The van der Waals surface area contributed by atoms with Crippen molar-refractivity contribution in [2.75, 3.05) is 14.1 Å². The van der Waals surface area contributed by atoms with E-state index in [1.807, 2.05) is 0 Å². The Morgan fingerprint density at radius 3 is 2.16 bits per heavy atom. The first-order valence-electron chi connectivity index (χ1n) is 7.16. The minimum atomic E-state index is -0.680. The molecule has 0 bridgehead atoms. The van der Waals surface area contributed by atoms with Crippen molar-refractivity contribution in [2.45, 2.75) is 0 Å². The molecule has 8 heteroatoms. The number of likely N-dealkylation sites (N-methyl/N-ethyl adjacent to an activating group) is 2. The highest BCUT2D eigenvalue weighted by Gasteiger charge is 2.38. The average Bonchev–Trinajstić information content (AvgIpc) is 3.06. The molecule has 1 aliphatic heterocycles. The van der Waals surface area contributed by atoms with Gasteiger partial charge in [-0.2, -0.15) is 0 Å². The van der Waals surface area contributed by atoms with Crippen LogP contribution in [0.1, 0.15) is 5.76 Å². The quantitative estimate of drug-likeness (QED) is 0.590. The summed E-state index contributed by atoms with van der Waals surface area (Å²) in [5, 5.41) is 0.809. The third kappa shape index (κ3) is 3.06. The van der Waals surface area contributed by atoms with Crippen molar-refractivity contribution in [3.63, 3.8) is 0 Å². The van der Waals surface area contributed by atoms with Crippen molar-refractivity contribution in [3.8, 4) is 11.3 Å². The third-order valence-corrected chi connectivity index (χ3v) is 4.50. The predicted octanol–water partition coefficient (Wildman–Crippen LogP) is 3.69. The predicted molar refractivity (Wildman–Crippen MR) is 93.1 cm³/mol. The first kappa shape index (κ1) is 17.3. The van der Waals surface area contributed by atoms with Crippen LogP contribution in [-0.4, -0.2) is 41.7 Å². The zero-order valence-corrected chi connectivity index (χ0v) is 14.8. The van der Waals surface area contributed by atoms with Crippen LogP contribution >= 0.6 is 23.2 Å². The smallest absolute Gasteiger partial charge is 0.333 e. The van der Waals surface area contributed by atoms with Crippen LogP contribution in [0.2, 0.25) is 10.0 Å². The van der Waals surface area contributed by atoms with Gasteiger partial charge in [0.2, 0.25) is 0 Å². The number of benzene rings is 1. The van der Waals surface area contributed by atoms with Gasteiger partial charge in [0.15, 0.2) is 0 Å². The first-order chi connectivity index (χ1) is 11.8. The van der Waals surface area contributed by atoms with E-state index in [1.165, 1.54) is 20.2 Å². The molecule has 1 fully saturated rings. The zero-order valence-electron chi connectivity index (χ0n) is 13.2. The van der Waals surface area contributed by atoms with Crippen molar-refractivity contribution in [1.82, 2.24) is 9.80 Å². The Hall–Kier alpha value is -2.57. The number of carbonyl (C=O) groups excluding carboxylic acids is 3. The Bertz CT molecular complexity index is 906. The van der Waals surface area contributed by atoms with Gasteiger partial charge >= 0.3 is 6.03 Å². The van der Waals surface area contributed by atoms with E-state index in [1.54, 1.807) is 30.3 Å². The van der Waals surface area contributed by atoms with Crippen molar-refractivity contribution < 1.29 is 18.8 Å². The maximum absolute atomic E-state index is 12.2. The maximum Gasteiger partial charge on any atom is 0.333 e. The normalized spacial score (nSPS) is 15.2. The van der Waals surface area contributed by atoms with E-state index in [4.69, 9.17) is 27.6 Å². The fraction of sp³-hybridized carbons (Fsp3) is 0.118. The van der Waals surface area contributed by atoms with Crippen LogP contribution in [0.3, 0.4) is 0 Å². The summed E-state index contributed by atoms with van der Waals surface area (Å²) >= 11 is 11.9. The van der Waals surface area contributed by atoms with Gasteiger partial charge in [-0.15, -0.1) is 0 Å². The lowest BCUT2D eigenvalue weighted by molar-refractivity contribution is -0.134. The molecule has 0 aliphatic carbocycles. The molecule has 1 aliphatic rings. The van der Waals surface area contributed by atoms with Crippen LogP contribution in [0, 0.1) is 0 Å². The van der Waals surface area contributed by atoms with Crippen molar-refractivity contribution in [1.29, 1.82) is 0 Å². The number of hydrogen-bond donors (Lipinski definition) is 0. The molecule has 0 N–H and O–H groups in total. The summed E-state index contributed by atoms with van der Waals surface area (Å²) < 4.78 is 5.66. The monoisotopic (exact) mass is 378 g/mol. The summed E-state index contributed by atoms with van der Waals surface area (Å²) in [5.41, 5.74) is 0.546. The van der Waals surface area contributed by atoms with E-state index in [0.29, 0.717) is 27.1 Å². The van der Waals surface area contributed by atoms with Gasteiger partial charge in [0.05, 0.1) is 10.0 Å². The Kier molecular flexibility index (Phi) is 4.41. The molecule has 2 aromatic rings. The number of hydrogen-bond acceptors (Lipinski definition) is 4. The second kappa shape index (κ2) is 6.38. The molecule has 3 rings (SSSR count). The van der Waals surface area contributed by atoms with E-state index in [-0.39, 0.29) is 5.57 Å². The summed E-state index contributed by atoms with van der Waals surface area (Å²) in [6.45, 7) is 0. The van der Waals surface area contributed by atoms with E-state index in [2.05, 4.69) is 0 Å². The van der Waals surface area contributed by atoms with Crippen LogP contribution in [-0.2, 0) is 9.59 Å². The minimum Gasteiger partial charge on any atom is -0.457 e. The molecule has 6 nitrogen and oxygen atoms in total. The SMILES string of the molecule is CN1C(=O)C(=Cc2ccc(-c3ccc(Cl)c(Cl)c3)o2)C(=O)N(C)C1=O.